The molecule has 2 rings (SSSR count). The average molecular weight is 549 g/mol. The van der Waals surface area contributed by atoms with Gasteiger partial charge in [0, 0.05) is 12.2 Å². The van der Waals surface area contributed by atoms with E-state index in [9.17, 15) is 9.59 Å². The lowest BCUT2D eigenvalue weighted by atomic mass is 10.1. The molecule has 0 aliphatic rings. The standard InChI is InChI=1S/C35H48O5/c1-4-6-8-10-11-12-14-28-38-32-22-16-30(17-23-32)21-27-35(37)40-33-24-18-31(19-25-33)20-26-34(36)39-29(3)15-13-9-7-5-2/h16-27,29H,4-15,28H2,1-3H3/b26-20+,27-21+. The molecule has 0 bridgehead atoms. The van der Waals surface area contributed by atoms with E-state index in [-0.39, 0.29) is 12.1 Å². The third kappa shape index (κ3) is 15.3. The van der Waals surface area contributed by atoms with Crippen molar-refractivity contribution in [3.8, 4) is 11.5 Å². The first-order valence-electron chi connectivity index (χ1n) is 15.1. The summed E-state index contributed by atoms with van der Waals surface area (Å²) >= 11 is 0. The van der Waals surface area contributed by atoms with Gasteiger partial charge in [-0.3, -0.25) is 0 Å². The second-order valence-corrected chi connectivity index (χ2v) is 10.3. The van der Waals surface area contributed by atoms with Gasteiger partial charge in [-0.25, -0.2) is 9.59 Å². The number of hydrogen-bond donors (Lipinski definition) is 0. The minimum Gasteiger partial charge on any atom is -0.494 e. The third-order valence-electron chi connectivity index (χ3n) is 6.60. The molecule has 0 saturated carbocycles. The number of ether oxygens (including phenoxy) is 3. The molecule has 0 aliphatic heterocycles. The molecule has 0 N–H and O–H groups in total. The van der Waals surface area contributed by atoms with Crippen LogP contribution in [0.15, 0.2) is 60.7 Å². The molecule has 40 heavy (non-hydrogen) atoms. The summed E-state index contributed by atoms with van der Waals surface area (Å²) in [6.07, 6.45) is 20.5. The Labute approximate surface area is 241 Å². The molecule has 1 atom stereocenters. The molecule has 0 fully saturated rings. The van der Waals surface area contributed by atoms with Gasteiger partial charge in [0.15, 0.2) is 0 Å². The third-order valence-corrected chi connectivity index (χ3v) is 6.60. The van der Waals surface area contributed by atoms with E-state index in [0.29, 0.717) is 5.75 Å². The summed E-state index contributed by atoms with van der Waals surface area (Å²) in [6.45, 7) is 7.07. The molecule has 0 spiro atoms. The smallest absolute Gasteiger partial charge is 0.336 e. The van der Waals surface area contributed by atoms with Gasteiger partial charge < -0.3 is 14.2 Å². The summed E-state index contributed by atoms with van der Waals surface area (Å²) in [7, 11) is 0. The summed E-state index contributed by atoms with van der Waals surface area (Å²) in [5.41, 5.74) is 1.71. The van der Waals surface area contributed by atoms with Gasteiger partial charge in [0.25, 0.3) is 0 Å². The topological polar surface area (TPSA) is 61.8 Å². The number of carbonyl (C=O) groups is 2. The van der Waals surface area contributed by atoms with E-state index < -0.39 is 5.97 Å². The zero-order valence-corrected chi connectivity index (χ0v) is 24.7. The van der Waals surface area contributed by atoms with Crippen molar-refractivity contribution in [1.82, 2.24) is 0 Å². The lowest BCUT2D eigenvalue weighted by Gasteiger charge is -2.11. The van der Waals surface area contributed by atoms with Crippen molar-refractivity contribution in [1.29, 1.82) is 0 Å². The minimum atomic E-state index is -0.459. The highest BCUT2D eigenvalue weighted by atomic mass is 16.5. The highest BCUT2D eigenvalue weighted by Crippen LogP contribution is 2.17. The quantitative estimate of drug-likeness (QED) is 0.0714. The molecule has 0 saturated heterocycles. The molecule has 5 nitrogen and oxygen atoms in total. The van der Waals surface area contributed by atoms with Crippen LogP contribution in [0.1, 0.15) is 109 Å². The van der Waals surface area contributed by atoms with Crippen LogP contribution < -0.4 is 9.47 Å². The molecule has 2 aromatic carbocycles. The van der Waals surface area contributed by atoms with Gasteiger partial charge in [-0.15, -0.1) is 0 Å². The van der Waals surface area contributed by atoms with Crippen molar-refractivity contribution < 1.29 is 23.8 Å². The summed E-state index contributed by atoms with van der Waals surface area (Å²) in [4.78, 5) is 24.3. The maximum absolute atomic E-state index is 12.2. The first kappa shape index (κ1) is 32.9. The first-order valence-corrected chi connectivity index (χ1v) is 15.1. The molecule has 0 heterocycles. The largest absolute Gasteiger partial charge is 0.494 e. The predicted octanol–water partition coefficient (Wildman–Crippen LogP) is 9.35. The second kappa shape index (κ2) is 20.5. The van der Waals surface area contributed by atoms with Gasteiger partial charge in [0.2, 0.25) is 0 Å². The second-order valence-electron chi connectivity index (χ2n) is 10.3. The predicted molar refractivity (Wildman–Crippen MR) is 164 cm³/mol. The fourth-order valence-corrected chi connectivity index (χ4v) is 4.21. The number of unbranched alkanes of at least 4 members (excludes halogenated alkanes) is 9. The van der Waals surface area contributed by atoms with Crippen molar-refractivity contribution in [2.75, 3.05) is 6.61 Å². The Morgan fingerprint density at radius 3 is 1.75 bits per heavy atom. The van der Waals surface area contributed by atoms with Crippen molar-refractivity contribution in [2.45, 2.75) is 104 Å². The monoisotopic (exact) mass is 548 g/mol. The highest BCUT2D eigenvalue weighted by molar-refractivity contribution is 5.89. The van der Waals surface area contributed by atoms with Crippen molar-refractivity contribution in [3.63, 3.8) is 0 Å². The summed E-state index contributed by atoms with van der Waals surface area (Å²) in [5.74, 6) is 0.463. The van der Waals surface area contributed by atoms with Crippen LogP contribution in [0.2, 0.25) is 0 Å². The lowest BCUT2D eigenvalue weighted by Crippen LogP contribution is -2.12. The van der Waals surface area contributed by atoms with Crippen LogP contribution in [-0.2, 0) is 14.3 Å². The Morgan fingerprint density at radius 2 is 1.15 bits per heavy atom. The Morgan fingerprint density at radius 1 is 0.650 bits per heavy atom. The van der Waals surface area contributed by atoms with Crippen molar-refractivity contribution >= 4 is 24.1 Å². The average Bonchev–Trinajstić information content (AvgIpc) is 2.96. The number of carbonyl (C=O) groups excluding carboxylic acids is 2. The van der Waals surface area contributed by atoms with E-state index in [1.54, 1.807) is 36.4 Å². The Hall–Kier alpha value is -3.34. The van der Waals surface area contributed by atoms with Crippen LogP contribution >= 0.6 is 0 Å². The van der Waals surface area contributed by atoms with Gasteiger partial charge in [-0.2, -0.15) is 0 Å². The number of hydrogen-bond acceptors (Lipinski definition) is 5. The SMILES string of the molecule is CCCCCCCCCOc1ccc(/C=C/C(=O)Oc2ccc(/C=C/C(=O)OC(C)CCCCCC)cc2)cc1. The first-order chi connectivity index (χ1) is 19.5. The molecule has 2 aromatic rings. The van der Waals surface area contributed by atoms with E-state index in [0.717, 1.165) is 42.7 Å². The normalized spacial score (nSPS) is 12.1. The van der Waals surface area contributed by atoms with E-state index in [1.165, 1.54) is 69.9 Å². The van der Waals surface area contributed by atoms with E-state index in [4.69, 9.17) is 14.2 Å². The van der Waals surface area contributed by atoms with Crippen LogP contribution in [0, 0.1) is 0 Å². The minimum absolute atomic E-state index is 0.0881. The summed E-state index contributed by atoms with van der Waals surface area (Å²) < 4.78 is 16.6. The fraction of sp³-hybridized carbons (Fsp3) is 0.486. The van der Waals surface area contributed by atoms with Crippen LogP contribution in [0.5, 0.6) is 11.5 Å². The fourth-order valence-electron chi connectivity index (χ4n) is 4.21. The summed E-state index contributed by atoms with van der Waals surface area (Å²) in [5, 5.41) is 0. The molecule has 0 aromatic heterocycles. The van der Waals surface area contributed by atoms with Crippen LogP contribution in [-0.4, -0.2) is 24.6 Å². The lowest BCUT2D eigenvalue weighted by molar-refractivity contribution is -0.142. The van der Waals surface area contributed by atoms with Gasteiger partial charge in [-0.1, -0.05) is 95.9 Å². The van der Waals surface area contributed by atoms with Gasteiger partial charge in [0.05, 0.1) is 12.7 Å². The molecule has 5 heteroatoms. The number of esters is 2. The maximum Gasteiger partial charge on any atom is 0.336 e. The molecule has 0 radical (unpaired) electrons. The van der Waals surface area contributed by atoms with Crippen molar-refractivity contribution in [3.05, 3.63) is 71.8 Å². The van der Waals surface area contributed by atoms with E-state index in [2.05, 4.69) is 13.8 Å². The maximum atomic E-state index is 12.2. The Kier molecular flexibility index (Phi) is 16.9. The highest BCUT2D eigenvalue weighted by Gasteiger charge is 2.07. The van der Waals surface area contributed by atoms with Crippen LogP contribution in [0.25, 0.3) is 12.2 Å². The molecule has 0 amide bonds. The van der Waals surface area contributed by atoms with Crippen LogP contribution in [0.4, 0.5) is 0 Å². The van der Waals surface area contributed by atoms with Crippen LogP contribution in [0.3, 0.4) is 0 Å². The van der Waals surface area contributed by atoms with E-state index in [1.807, 2.05) is 31.2 Å². The van der Waals surface area contributed by atoms with Gasteiger partial charge >= 0.3 is 11.9 Å². The molecular formula is C35H48O5. The van der Waals surface area contributed by atoms with Gasteiger partial charge in [0.1, 0.15) is 11.5 Å². The number of rotatable bonds is 20. The zero-order valence-electron chi connectivity index (χ0n) is 24.7. The summed E-state index contributed by atoms with van der Waals surface area (Å²) in [6, 6.07) is 14.7. The molecule has 218 valence electrons. The zero-order chi connectivity index (χ0) is 28.8. The molecular weight excluding hydrogens is 500 g/mol. The van der Waals surface area contributed by atoms with Gasteiger partial charge in [-0.05, 0) is 73.7 Å². The Balaban J connectivity index is 1.68. The van der Waals surface area contributed by atoms with E-state index >= 15 is 0 Å². The molecule has 0 aliphatic carbocycles. The molecule has 1 unspecified atom stereocenters. The Bertz CT molecular complexity index is 1020. The number of benzene rings is 2. The van der Waals surface area contributed by atoms with Crippen molar-refractivity contribution in [2.24, 2.45) is 0 Å².